The molecular formula is C10H18BrNO2. The number of hydrogen-bond donors (Lipinski definition) is 1. The Kier molecular flexibility index (Phi) is 5.48. The predicted molar refractivity (Wildman–Crippen MR) is 59.6 cm³/mol. The first-order chi connectivity index (χ1) is 6.72. The number of nitrogens with one attached hydrogen (secondary N) is 1. The Balaban J connectivity index is 2.14. The molecule has 0 bridgehead atoms. The van der Waals surface area contributed by atoms with Gasteiger partial charge in [-0.2, -0.15) is 0 Å². The minimum Gasteiger partial charge on any atom is -0.372 e. The highest BCUT2D eigenvalue weighted by Gasteiger charge is 2.20. The first-order valence-electron chi connectivity index (χ1n) is 5.23. The highest BCUT2D eigenvalue weighted by Crippen LogP contribution is 2.23. The van der Waals surface area contributed by atoms with Crippen molar-refractivity contribution >= 4 is 21.8 Å². The Morgan fingerprint density at radius 1 is 1.43 bits per heavy atom. The van der Waals surface area contributed by atoms with Crippen LogP contribution in [0, 0.1) is 0 Å². The maximum absolute atomic E-state index is 11.3. The molecule has 0 aromatic rings. The number of ether oxygens (including phenoxy) is 1. The smallest absolute Gasteiger partial charge is 0.246 e. The zero-order chi connectivity index (χ0) is 10.4. The molecule has 1 N–H and O–H groups in total. The average molecular weight is 264 g/mol. The van der Waals surface area contributed by atoms with E-state index in [1.165, 1.54) is 0 Å². The summed E-state index contributed by atoms with van der Waals surface area (Å²) in [6.45, 7) is 2.69. The second-order valence-corrected chi connectivity index (χ2v) is 4.95. The van der Waals surface area contributed by atoms with E-state index < -0.39 is 0 Å². The topological polar surface area (TPSA) is 38.3 Å². The van der Waals surface area contributed by atoms with Crippen LogP contribution in [0.2, 0.25) is 0 Å². The van der Waals surface area contributed by atoms with Crippen molar-refractivity contribution in [3.05, 3.63) is 0 Å². The van der Waals surface area contributed by atoms with Crippen LogP contribution in [-0.4, -0.2) is 30.0 Å². The summed E-state index contributed by atoms with van der Waals surface area (Å²) in [5.74, 6) is 0.0184. The Bertz CT molecular complexity index is 179. The molecule has 3 nitrogen and oxygen atoms in total. The standard InChI is InChI=1S/C10H18BrNO2/c1-2-14-7-10(13)12-9-5-3-8(11)4-6-9/h8-9H,2-7H2,1H3,(H,12,13). The van der Waals surface area contributed by atoms with E-state index in [0.29, 0.717) is 17.5 Å². The number of halogens is 1. The molecule has 14 heavy (non-hydrogen) atoms. The Hall–Kier alpha value is -0.0900. The molecule has 0 heterocycles. The summed E-state index contributed by atoms with van der Waals surface area (Å²) in [6.07, 6.45) is 4.46. The van der Waals surface area contributed by atoms with Gasteiger partial charge in [0.05, 0.1) is 0 Å². The molecule has 0 saturated heterocycles. The van der Waals surface area contributed by atoms with Crippen LogP contribution in [0.15, 0.2) is 0 Å². The van der Waals surface area contributed by atoms with Crippen LogP contribution < -0.4 is 5.32 Å². The molecule has 0 aliphatic heterocycles. The molecule has 1 rings (SSSR count). The summed E-state index contributed by atoms with van der Waals surface area (Å²) in [5, 5.41) is 2.99. The van der Waals surface area contributed by atoms with Crippen molar-refractivity contribution in [3.63, 3.8) is 0 Å². The summed E-state index contributed by atoms with van der Waals surface area (Å²) in [5.41, 5.74) is 0. The molecule has 1 amide bonds. The van der Waals surface area contributed by atoms with E-state index in [0.717, 1.165) is 25.7 Å². The molecule has 0 spiro atoms. The average Bonchev–Trinajstić information content (AvgIpc) is 2.18. The lowest BCUT2D eigenvalue weighted by Gasteiger charge is -2.25. The quantitative estimate of drug-likeness (QED) is 0.787. The molecule has 1 fully saturated rings. The SMILES string of the molecule is CCOCC(=O)NC1CCC(Br)CC1. The van der Waals surface area contributed by atoms with E-state index in [-0.39, 0.29) is 12.5 Å². The van der Waals surface area contributed by atoms with Gasteiger partial charge in [0.1, 0.15) is 6.61 Å². The number of alkyl halides is 1. The van der Waals surface area contributed by atoms with E-state index in [4.69, 9.17) is 4.74 Å². The number of amides is 1. The van der Waals surface area contributed by atoms with Crippen molar-refractivity contribution in [1.29, 1.82) is 0 Å². The molecule has 0 aromatic heterocycles. The molecule has 0 unspecified atom stereocenters. The van der Waals surface area contributed by atoms with Crippen LogP contribution in [0.5, 0.6) is 0 Å². The van der Waals surface area contributed by atoms with Crippen LogP contribution in [0.3, 0.4) is 0 Å². The summed E-state index contributed by atoms with van der Waals surface area (Å²) in [6, 6.07) is 0.358. The zero-order valence-corrected chi connectivity index (χ0v) is 10.2. The lowest BCUT2D eigenvalue weighted by atomic mass is 9.95. The highest BCUT2D eigenvalue weighted by molar-refractivity contribution is 9.09. The third kappa shape index (κ3) is 4.42. The second kappa shape index (κ2) is 6.40. The van der Waals surface area contributed by atoms with E-state index in [9.17, 15) is 4.79 Å². The Morgan fingerprint density at radius 3 is 2.64 bits per heavy atom. The zero-order valence-electron chi connectivity index (χ0n) is 8.59. The number of hydrogen-bond acceptors (Lipinski definition) is 2. The van der Waals surface area contributed by atoms with Gasteiger partial charge in [0.25, 0.3) is 0 Å². The summed E-state index contributed by atoms with van der Waals surface area (Å²) < 4.78 is 5.04. The van der Waals surface area contributed by atoms with Crippen LogP contribution in [-0.2, 0) is 9.53 Å². The first kappa shape index (κ1) is 12.0. The summed E-state index contributed by atoms with van der Waals surface area (Å²) in [7, 11) is 0. The molecule has 4 heteroatoms. The van der Waals surface area contributed by atoms with Gasteiger partial charge in [-0.1, -0.05) is 15.9 Å². The minimum atomic E-state index is 0.0184. The fraction of sp³-hybridized carbons (Fsp3) is 0.900. The predicted octanol–water partition coefficient (Wildman–Crippen LogP) is 1.85. The van der Waals surface area contributed by atoms with Crippen LogP contribution in [0.4, 0.5) is 0 Å². The van der Waals surface area contributed by atoms with Gasteiger partial charge in [-0.05, 0) is 32.6 Å². The molecule has 1 aliphatic carbocycles. The van der Waals surface area contributed by atoms with Gasteiger partial charge in [-0.3, -0.25) is 4.79 Å². The lowest BCUT2D eigenvalue weighted by Crippen LogP contribution is -2.39. The molecule has 1 saturated carbocycles. The van der Waals surface area contributed by atoms with Gasteiger partial charge in [0.15, 0.2) is 0 Å². The Morgan fingerprint density at radius 2 is 2.07 bits per heavy atom. The molecule has 1 aliphatic rings. The van der Waals surface area contributed by atoms with E-state index in [1.54, 1.807) is 0 Å². The maximum atomic E-state index is 11.3. The third-order valence-electron chi connectivity index (χ3n) is 2.46. The summed E-state index contributed by atoms with van der Waals surface area (Å²) >= 11 is 3.59. The highest BCUT2D eigenvalue weighted by atomic mass is 79.9. The van der Waals surface area contributed by atoms with Crippen LogP contribution >= 0.6 is 15.9 Å². The first-order valence-corrected chi connectivity index (χ1v) is 6.15. The van der Waals surface area contributed by atoms with Crippen molar-refractivity contribution in [2.24, 2.45) is 0 Å². The van der Waals surface area contributed by atoms with Gasteiger partial charge in [-0.15, -0.1) is 0 Å². The second-order valence-electron chi connectivity index (χ2n) is 3.65. The molecule has 0 aromatic carbocycles. The van der Waals surface area contributed by atoms with Crippen molar-refractivity contribution in [2.45, 2.75) is 43.5 Å². The van der Waals surface area contributed by atoms with Gasteiger partial charge >= 0.3 is 0 Å². The lowest BCUT2D eigenvalue weighted by molar-refractivity contribution is -0.126. The molecular weight excluding hydrogens is 246 g/mol. The van der Waals surface area contributed by atoms with E-state index in [1.807, 2.05) is 6.92 Å². The van der Waals surface area contributed by atoms with Crippen molar-refractivity contribution in [1.82, 2.24) is 5.32 Å². The van der Waals surface area contributed by atoms with E-state index in [2.05, 4.69) is 21.2 Å². The number of rotatable bonds is 4. The number of carbonyl (C=O) groups is 1. The molecule has 0 radical (unpaired) electrons. The summed E-state index contributed by atoms with van der Waals surface area (Å²) in [4.78, 5) is 11.9. The largest absolute Gasteiger partial charge is 0.372 e. The van der Waals surface area contributed by atoms with Gasteiger partial charge in [0.2, 0.25) is 5.91 Å². The van der Waals surface area contributed by atoms with Crippen molar-refractivity contribution in [3.8, 4) is 0 Å². The minimum absolute atomic E-state index is 0.0184. The maximum Gasteiger partial charge on any atom is 0.246 e. The Labute approximate surface area is 93.7 Å². The fourth-order valence-electron chi connectivity index (χ4n) is 1.66. The van der Waals surface area contributed by atoms with E-state index >= 15 is 0 Å². The third-order valence-corrected chi connectivity index (χ3v) is 3.37. The van der Waals surface area contributed by atoms with Crippen LogP contribution in [0.25, 0.3) is 0 Å². The molecule has 0 atom stereocenters. The fourth-order valence-corrected chi connectivity index (χ4v) is 2.19. The van der Waals surface area contributed by atoms with Gasteiger partial charge < -0.3 is 10.1 Å². The molecule has 82 valence electrons. The van der Waals surface area contributed by atoms with Gasteiger partial charge in [0, 0.05) is 17.5 Å². The number of carbonyl (C=O) groups excluding carboxylic acids is 1. The van der Waals surface area contributed by atoms with Gasteiger partial charge in [-0.25, -0.2) is 0 Å². The monoisotopic (exact) mass is 263 g/mol. The van der Waals surface area contributed by atoms with Crippen LogP contribution in [0.1, 0.15) is 32.6 Å². The normalized spacial score (nSPS) is 27.3. The van der Waals surface area contributed by atoms with Crippen molar-refractivity contribution < 1.29 is 9.53 Å². The van der Waals surface area contributed by atoms with Crippen molar-refractivity contribution in [2.75, 3.05) is 13.2 Å².